The SMILES string of the molecule is CSc1cc(-c2ccccn2)cc(Cl)n1. The maximum absolute atomic E-state index is 5.93. The Labute approximate surface area is 97.7 Å². The fourth-order valence-corrected chi connectivity index (χ4v) is 1.95. The molecule has 0 aliphatic rings. The van der Waals surface area contributed by atoms with Gasteiger partial charge < -0.3 is 0 Å². The molecule has 0 radical (unpaired) electrons. The Kier molecular flexibility index (Phi) is 3.23. The van der Waals surface area contributed by atoms with Crippen molar-refractivity contribution in [3.05, 3.63) is 41.7 Å². The highest BCUT2D eigenvalue weighted by Crippen LogP contribution is 2.24. The van der Waals surface area contributed by atoms with E-state index in [9.17, 15) is 0 Å². The average molecular weight is 237 g/mol. The zero-order valence-corrected chi connectivity index (χ0v) is 9.72. The first-order chi connectivity index (χ1) is 7.29. The number of hydrogen-bond acceptors (Lipinski definition) is 3. The molecule has 0 atom stereocenters. The van der Waals surface area contributed by atoms with Gasteiger partial charge in [0, 0.05) is 11.8 Å². The molecule has 0 spiro atoms. The number of pyridine rings is 2. The van der Waals surface area contributed by atoms with Gasteiger partial charge in [-0.2, -0.15) is 0 Å². The number of halogens is 1. The van der Waals surface area contributed by atoms with E-state index in [1.54, 1.807) is 18.0 Å². The summed E-state index contributed by atoms with van der Waals surface area (Å²) in [5, 5.41) is 1.41. The van der Waals surface area contributed by atoms with Crippen molar-refractivity contribution in [2.45, 2.75) is 5.03 Å². The molecule has 0 fully saturated rings. The van der Waals surface area contributed by atoms with Crippen LogP contribution in [-0.4, -0.2) is 16.2 Å². The van der Waals surface area contributed by atoms with Gasteiger partial charge in [0.2, 0.25) is 0 Å². The van der Waals surface area contributed by atoms with Crippen LogP contribution < -0.4 is 0 Å². The summed E-state index contributed by atoms with van der Waals surface area (Å²) in [5.41, 5.74) is 1.91. The summed E-state index contributed by atoms with van der Waals surface area (Å²) >= 11 is 7.49. The third kappa shape index (κ3) is 2.49. The standard InChI is InChI=1S/C11H9ClN2S/c1-15-11-7-8(6-10(12)14-11)9-4-2-3-5-13-9/h2-7H,1H3. The van der Waals surface area contributed by atoms with E-state index in [2.05, 4.69) is 9.97 Å². The topological polar surface area (TPSA) is 25.8 Å². The van der Waals surface area contributed by atoms with Crippen molar-refractivity contribution in [3.8, 4) is 11.3 Å². The first kappa shape index (κ1) is 10.5. The Hall–Kier alpha value is -1.06. The zero-order valence-electron chi connectivity index (χ0n) is 8.14. The first-order valence-electron chi connectivity index (χ1n) is 4.42. The molecule has 4 heteroatoms. The fraction of sp³-hybridized carbons (Fsp3) is 0.0909. The molecule has 0 saturated heterocycles. The molecule has 0 aliphatic heterocycles. The number of rotatable bonds is 2. The molecular weight excluding hydrogens is 228 g/mol. The second-order valence-electron chi connectivity index (χ2n) is 2.94. The molecular formula is C11H9ClN2S. The summed E-state index contributed by atoms with van der Waals surface area (Å²) in [6, 6.07) is 9.61. The molecule has 0 bridgehead atoms. The Morgan fingerprint density at radius 2 is 2.13 bits per heavy atom. The predicted octanol–water partition coefficient (Wildman–Crippen LogP) is 3.52. The molecule has 76 valence electrons. The molecule has 2 aromatic heterocycles. The van der Waals surface area contributed by atoms with Crippen molar-refractivity contribution in [1.29, 1.82) is 0 Å². The van der Waals surface area contributed by atoms with Gasteiger partial charge in [-0.15, -0.1) is 11.8 Å². The third-order valence-corrected chi connectivity index (χ3v) is 2.76. The average Bonchev–Trinajstić information content (AvgIpc) is 2.29. The van der Waals surface area contributed by atoms with E-state index in [-0.39, 0.29) is 0 Å². The van der Waals surface area contributed by atoms with Gasteiger partial charge in [0.15, 0.2) is 0 Å². The number of nitrogens with zero attached hydrogens (tertiary/aromatic N) is 2. The van der Waals surface area contributed by atoms with Gasteiger partial charge in [0.25, 0.3) is 0 Å². The highest BCUT2D eigenvalue weighted by molar-refractivity contribution is 7.98. The normalized spacial score (nSPS) is 10.3. The van der Waals surface area contributed by atoms with Gasteiger partial charge in [-0.25, -0.2) is 4.98 Å². The first-order valence-corrected chi connectivity index (χ1v) is 6.03. The zero-order chi connectivity index (χ0) is 10.7. The van der Waals surface area contributed by atoms with E-state index in [1.165, 1.54) is 0 Å². The van der Waals surface area contributed by atoms with Crippen LogP contribution in [-0.2, 0) is 0 Å². The molecule has 0 amide bonds. The lowest BCUT2D eigenvalue weighted by Gasteiger charge is -2.03. The monoisotopic (exact) mass is 236 g/mol. The molecule has 0 aromatic carbocycles. The van der Waals surface area contributed by atoms with E-state index >= 15 is 0 Å². The van der Waals surface area contributed by atoms with Crippen molar-refractivity contribution in [3.63, 3.8) is 0 Å². The van der Waals surface area contributed by atoms with E-state index in [0.717, 1.165) is 16.3 Å². The second-order valence-corrected chi connectivity index (χ2v) is 4.15. The van der Waals surface area contributed by atoms with Crippen LogP contribution in [0, 0.1) is 0 Å². The number of thioether (sulfide) groups is 1. The Morgan fingerprint density at radius 3 is 2.80 bits per heavy atom. The molecule has 0 saturated carbocycles. The van der Waals surface area contributed by atoms with Gasteiger partial charge >= 0.3 is 0 Å². The van der Waals surface area contributed by atoms with Crippen molar-refractivity contribution in [2.24, 2.45) is 0 Å². The second kappa shape index (κ2) is 4.64. The van der Waals surface area contributed by atoms with Gasteiger partial charge in [0.1, 0.15) is 5.15 Å². The van der Waals surface area contributed by atoms with Crippen LogP contribution in [0.5, 0.6) is 0 Å². The minimum atomic E-state index is 0.502. The van der Waals surface area contributed by atoms with E-state index in [0.29, 0.717) is 5.15 Å². The molecule has 0 N–H and O–H groups in total. The minimum absolute atomic E-state index is 0.502. The molecule has 15 heavy (non-hydrogen) atoms. The number of aromatic nitrogens is 2. The van der Waals surface area contributed by atoms with Crippen molar-refractivity contribution in [2.75, 3.05) is 6.26 Å². The Morgan fingerprint density at radius 1 is 1.27 bits per heavy atom. The maximum atomic E-state index is 5.93. The van der Waals surface area contributed by atoms with Crippen molar-refractivity contribution in [1.82, 2.24) is 9.97 Å². The van der Waals surface area contributed by atoms with Crippen LogP contribution in [0.3, 0.4) is 0 Å². The van der Waals surface area contributed by atoms with Crippen LogP contribution in [0.25, 0.3) is 11.3 Å². The third-order valence-electron chi connectivity index (χ3n) is 1.94. The summed E-state index contributed by atoms with van der Waals surface area (Å²) in [7, 11) is 0. The molecule has 2 heterocycles. The van der Waals surface area contributed by atoms with Crippen LogP contribution in [0.1, 0.15) is 0 Å². The number of hydrogen-bond donors (Lipinski definition) is 0. The van der Waals surface area contributed by atoms with Crippen LogP contribution >= 0.6 is 23.4 Å². The summed E-state index contributed by atoms with van der Waals surface area (Å²) in [6.45, 7) is 0. The van der Waals surface area contributed by atoms with Crippen LogP contribution in [0.4, 0.5) is 0 Å². The maximum Gasteiger partial charge on any atom is 0.131 e. The van der Waals surface area contributed by atoms with Gasteiger partial charge in [0.05, 0.1) is 10.7 Å². The van der Waals surface area contributed by atoms with E-state index in [1.807, 2.05) is 36.6 Å². The summed E-state index contributed by atoms with van der Waals surface area (Å²) in [4.78, 5) is 8.45. The molecule has 2 nitrogen and oxygen atoms in total. The highest BCUT2D eigenvalue weighted by atomic mass is 35.5. The smallest absolute Gasteiger partial charge is 0.131 e. The molecule has 0 aliphatic carbocycles. The van der Waals surface area contributed by atoms with Crippen molar-refractivity contribution < 1.29 is 0 Å². The summed E-state index contributed by atoms with van der Waals surface area (Å²) < 4.78 is 0. The van der Waals surface area contributed by atoms with Crippen molar-refractivity contribution >= 4 is 23.4 Å². The fourth-order valence-electron chi connectivity index (χ4n) is 1.26. The van der Waals surface area contributed by atoms with E-state index < -0.39 is 0 Å². The largest absolute Gasteiger partial charge is 0.256 e. The summed E-state index contributed by atoms with van der Waals surface area (Å²) in [6.07, 6.45) is 3.74. The van der Waals surface area contributed by atoms with E-state index in [4.69, 9.17) is 11.6 Å². The highest BCUT2D eigenvalue weighted by Gasteiger charge is 2.03. The lowest BCUT2D eigenvalue weighted by molar-refractivity contribution is 1.13. The lowest BCUT2D eigenvalue weighted by Crippen LogP contribution is -1.86. The molecule has 2 rings (SSSR count). The quantitative estimate of drug-likeness (QED) is 0.590. The Bertz CT molecular complexity index is 459. The minimum Gasteiger partial charge on any atom is -0.256 e. The molecule has 0 unspecified atom stereocenters. The lowest BCUT2D eigenvalue weighted by atomic mass is 10.2. The van der Waals surface area contributed by atoms with Gasteiger partial charge in [-0.1, -0.05) is 17.7 Å². The van der Waals surface area contributed by atoms with Crippen LogP contribution in [0.15, 0.2) is 41.6 Å². The van der Waals surface area contributed by atoms with Gasteiger partial charge in [-0.3, -0.25) is 4.98 Å². The predicted molar refractivity (Wildman–Crippen MR) is 64.3 cm³/mol. The van der Waals surface area contributed by atoms with Gasteiger partial charge in [-0.05, 0) is 30.5 Å². The summed E-state index contributed by atoms with van der Waals surface area (Å²) in [5.74, 6) is 0. The molecule has 2 aromatic rings. The van der Waals surface area contributed by atoms with Crippen LogP contribution in [0.2, 0.25) is 5.15 Å². The Balaban J connectivity index is 2.49.